The topological polar surface area (TPSA) is 77.4 Å². The number of ketones is 1. The van der Waals surface area contributed by atoms with Crippen LogP contribution in [0, 0.1) is 0 Å². The van der Waals surface area contributed by atoms with Crippen molar-refractivity contribution in [1.29, 1.82) is 0 Å². The lowest BCUT2D eigenvalue weighted by Gasteiger charge is -2.16. The number of benzene rings is 3. The lowest BCUT2D eigenvalue weighted by molar-refractivity contribution is 0.104. The number of rotatable bonds is 10. The average Bonchev–Trinajstić information content (AvgIpc) is 3.22. The highest BCUT2D eigenvalue weighted by atomic mass is 16.5. The molecule has 0 aliphatic rings. The molecule has 38 heavy (non-hydrogen) atoms. The molecule has 1 aromatic heterocycles. The molecule has 0 aliphatic heterocycles. The minimum absolute atomic E-state index is 0.0590. The molecule has 0 spiro atoms. The van der Waals surface area contributed by atoms with Gasteiger partial charge in [0.2, 0.25) is 5.75 Å². The number of hydrogen-bond acceptors (Lipinski definition) is 7. The largest absolute Gasteiger partial charge is 0.497 e. The van der Waals surface area contributed by atoms with Crippen molar-refractivity contribution in [2.45, 2.75) is 20.0 Å². The van der Waals surface area contributed by atoms with Gasteiger partial charge in [-0.15, -0.1) is 0 Å². The van der Waals surface area contributed by atoms with Crippen molar-refractivity contribution >= 4 is 16.7 Å². The van der Waals surface area contributed by atoms with E-state index in [1.54, 1.807) is 26.4 Å². The zero-order chi connectivity index (χ0) is 27.6. The Balaban J connectivity index is 2.02. The smallest absolute Gasteiger partial charge is 0.203 e. The molecule has 8 nitrogen and oxygen atoms in total. The molecular formula is C30H33NO7. The van der Waals surface area contributed by atoms with Crippen molar-refractivity contribution in [3.05, 3.63) is 59.7 Å². The fraction of sp³-hybridized carbons (Fsp3) is 0.300. The molecule has 4 aromatic rings. The van der Waals surface area contributed by atoms with Crippen molar-refractivity contribution in [3.63, 3.8) is 0 Å². The Morgan fingerprint density at radius 2 is 1.39 bits per heavy atom. The Morgan fingerprint density at radius 1 is 0.737 bits per heavy atom. The highest BCUT2D eigenvalue weighted by Crippen LogP contribution is 2.42. The van der Waals surface area contributed by atoms with Crippen LogP contribution < -0.4 is 28.4 Å². The molecule has 0 radical (unpaired) electrons. The molecule has 3 aromatic carbocycles. The third-order valence-corrected chi connectivity index (χ3v) is 6.36. The van der Waals surface area contributed by atoms with Crippen molar-refractivity contribution in [3.8, 4) is 45.8 Å². The Labute approximate surface area is 222 Å². The number of aryl methyl sites for hydroxylation is 1. The standard InChI is InChI=1S/C30H33NO7/c1-17(2)38-24-13-18(9-12-23(24)34-5)28-27(21-11-10-20(33-4)16-22(21)31(28)3)29(32)19-14-25(35-6)30(37-8)26(15-19)36-7/h9-17H,1-8H3. The Morgan fingerprint density at radius 3 is 1.95 bits per heavy atom. The summed E-state index contributed by atoms with van der Waals surface area (Å²) in [7, 11) is 9.72. The van der Waals surface area contributed by atoms with Gasteiger partial charge in [0, 0.05) is 29.6 Å². The molecule has 1 heterocycles. The number of carbonyl (C=O) groups excluding carboxylic acids is 1. The molecule has 200 valence electrons. The van der Waals surface area contributed by atoms with Crippen LogP contribution in [0.2, 0.25) is 0 Å². The minimum atomic E-state index is -0.197. The van der Waals surface area contributed by atoms with Crippen LogP contribution in [0.4, 0.5) is 0 Å². The minimum Gasteiger partial charge on any atom is -0.497 e. The van der Waals surface area contributed by atoms with E-state index in [4.69, 9.17) is 28.4 Å². The van der Waals surface area contributed by atoms with Gasteiger partial charge in [0.25, 0.3) is 0 Å². The van der Waals surface area contributed by atoms with Crippen LogP contribution >= 0.6 is 0 Å². The molecule has 0 saturated carbocycles. The fourth-order valence-electron chi connectivity index (χ4n) is 4.64. The highest BCUT2D eigenvalue weighted by molar-refractivity contribution is 6.21. The monoisotopic (exact) mass is 519 g/mol. The maximum Gasteiger partial charge on any atom is 0.203 e. The quantitative estimate of drug-likeness (QED) is 0.241. The maximum atomic E-state index is 14.3. The van der Waals surface area contributed by atoms with Crippen LogP contribution in [-0.4, -0.2) is 52.0 Å². The van der Waals surface area contributed by atoms with Gasteiger partial charge in [0.05, 0.1) is 58.4 Å². The summed E-state index contributed by atoms with van der Waals surface area (Å²) < 4.78 is 35.5. The van der Waals surface area contributed by atoms with Gasteiger partial charge in [0.1, 0.15) is 5.75 Å². The first-order valence-electron chi connectivity index (χ1n) is 12.1. The normalized spacial score (nSPS) is 11.0. The Bertz CT molecular complexity index is 1460. The molecule has 0 unspecified atom stereocenters. The lowest BCUT2D eigenvalue weighted by Crippen LogP contribution is -2.08. The SMILES string of the molecule is COc1ccc2c(C(=O)c3cc(OC)c(OC)c(OC)c3)c(-c3ccc(OC)c(OC(C)C)c3)n(C)c2c1. The van der Waals surface area contributed by atoms with Gasteiger partial charge >= 0.3 is 0 Å². The summed E-state index contributed by atoms with van der Waals surface area (Å²) in [6.07, 6.45) is -0.0590. The van der Waals surface area contributed by atoms with E-state index in [0.717, 1.165) is 22.2 Å². The van der Waals surface area contributed by atoms with Crippen LogP contribution in [0.25, 0.3) is 22.2 Å². The van der Waals surface area contributed by atoms with E-state index in [0.29, 0.717) is 45.6 Å². The number of nitrogens with zero attached hydrogens (tertiary/aromatic N) is 1. The molecule has 0 atom stereocenters. The van der Waals surface area contributed by atoms with Crippen molar-refractivity contribution < 1.29 is 33.2 Å². The summed E-state index contributed by atoms with van der Waals surface area (Å²) >= 11 is 0. The third kappa shape index (κ3) is 4.69. The number of ether oxygens (including phenoxy) is 6. The maximum absolute atomic E-state index is 14.3. The van der Waals surface area contributed by atoms with Crippen molar-refractivity contribution in [1.82, 2.24) is 4.57 Å². The Kier molecular flexibility index (Phi) is 7.71. The first kappa shape index (κ1) is 26.7. The molecule has 0 bridgehead atoms. The predicted octanol–water partition coefficient (Wildman–Crippen LogP) is 5.91. The van der Waals surface area contributed by atoms with E-state index in [9.17, 15) is 4.79 Å². The second-order valence-corrected chi connectivity index (χ2v) is 8.94. The van der Waals surface area contributed by atoms with Gasteiger partial charge in [-0.1, -0.05) is 0 Å². The van der Waals surface area contributed by atoms with E-state index in [1.807, 2.05) is 61.9 Å². The van der Waals surface area contributed by atoms with Crippen LogP contribution in [0.1, 0.15) is 29.8 Å². The summed E-state index contributed by atoms with van der Waals surface area (Å²) in [6.45, 7) is 3.91. The molecule has 4 rings (SSSR count). The van der Waals surface area contributed by atoms with Gasteiger partial charge in [-0.25, -0.2) is 0 Å². The molecule has 0 aliphatic carbocycles. The number of fused-ring (bicyclic) bond motifs is 1. The summed E-state index contributed by atoms with van der Waals surface area (Å²) in [5.74, 6) is 2.91. The van der Waals surface area contributed by atoms with Crippen LogP contribution in [0.5, 0.6) is 34.5 Å². The van der Waals surface area contributed by atoms with E-state index in [2.05, 4.69) is 0 Å². The first-order valence-corrected chi connectivity index (χ1v) is 12.1. The second-order valence-electron chi connectivity index (χ2n) is 8.94. The van der Waals surface area contributed by atoms with Crippen LogP contribution in [0.15, 0.2) is 48.5 Å². The number of carbonyl (C=O) groups is 1. The lowest BCUT2D eigenvalue weighted by atomic mass is 9.96. The van der Waals surface area contributed by atoms with Gasteiger partial charge < -0.3 is 33.0 Å². The first-order chi connectivity index (χ1) is 18.3. The second kappa shape index (κ2) is 11.0. The predicted molar refractivity (Wildman–Crippen MR) is 147 cm³/mol. The van der Waals surface area contributed by atoms with E-state index >= 15 is 0 Å². The van der Waals surface area contributed by atoms with Crippen molar-refractivity contribution in [2.75, 3.05) is 35.5 Å². The van der Waals surface area contributed by atoms with E-state index in [-0.39, 0.29) is 11.9 Å². The number of hydrogen-bond donors (Lipinski definition) is 0. The highest BCUT2D eigenvalue weighted by Gasteiger charge is 2.27. The molecular weight excluding hydrogens is 486 g/mol. The molecule has 0 amide bonds. The van der Waals surface area contributed by atoms with Crippen molar-refractivity contribution in [2.24, 2.45) is 7.05 Å². The van der Waals surface area contributed by atoms with E-state index in [1.165, 1.54) is 21.3 Å². The van der Waals surface area contributed by atoms with E-state index < -0.39 is 0 Å². The van der Waals surface area contributed by atoms with Gasteiger partial charge in [-0.05, 0) is 56.3 Å². The molecule has 0 fully saturated rings. The van der Waals surface area contributed by atoms with Crippen LogP contribution in [0.3, 0.4) is 0 Å². The average molecular weight is 520 g/mol. The summed E-state index contributed by atoms with van der Waals surface area (Å²) in [5.41, 5.74) is 3.30. The molecule has 0 N–H and O–H groups in total. The number of aromatic nitrogens is 1. The zero-order valence-corrected chi connectivity index (χ0v) is 23.0. The number of methoxy groups -OCH3 is 5. The molecule has 8 heteroatoms. The Hall–Kier alpha value is -4.33. The third-order valence-electron chi connectivity index (χ3n) is 6.36. The zero-order valence-electron chi connectivity index (χ0n) is 23.0. The fourth-order valence-corrected chi connectivity index (χ4v) is 4.64. The summed E-state index contributed by atoms with van der Waals surface area (Å²) in [5, 5.41) is 0.782. The van der Waals surface area contributed by atoms with Crippen LogP contribution in [-0.2, 0) is 7.05 Å². The molecule has 0 saturated heterocycles. The van der Waals surface area contributed by atoms with Gasteiger partial charge in [-0.3, -0.25) is 4.79 Å². The summed E-state index contributed by atoms with van der Waals surface area (Å²) in [4.78, 5) is 14.3. The van der Waals surface area contributed by atoms with Gasteiger partial charge in [-0.2, -0.15) is 0 Å². The van der Waals surface area contributed by atoms with Gasteiger partial charge in [0.15, 0.2) is 28.8 Å². The summed E-state index contributed by atoms with van der Waals surface area (Å²) in [6, 6.07) is 14.7.